The predicted molar refractivity (Wildman–Crippen MR) is 114 cm³/mol. The second-order valence-electron chi connectivity index (χ2n) is 8.76. The van der Waals surface area contributed by atoms with E-state index in [9.17, 15) is 27.9 Å². The number of carbonyl (C=O) groups excluding carboxylic acids is 1. The molecule has 32 heavy (non-hydrogen) atoms. The maximum atomic E-state index is 13.9. The summed E-state index contributed by atoms with van der Waals surface area (Å²) < 4.78 is 40.8. The molecule has 1 fully saturated rings. The molecule has 170 valence electrons. The lowest BCUT2D eigenvalue weighted by molar-refractivity contribution is 0.0724. The molecule has 2 amide bonds. The van der Waals surface area contributed by atoms with Crippen LogP contribution in [-0.4, -0.2) is 39.6 Å². The largest absolute Gasteiger partial charge is 0.465 e. The maximum absolute atomic E-state index is 13.9. The van der Waals surface area contributed by atoms with Crippen molar-refractivity contribution in [2.45, 2.75) is 39.7 Å². The summed E-state index contributed by atoms with van der Waals surface area (Å²) in [7, 11) is 0. The van der Waals surface area contributed by atoms with Gasteiger partial charge in [0.2, 0.25) is 0 Å². The van der Waals surface area contributed by atoms with Crippen LogP contribution in [0.1, 0.15) is 49.7 Å². The molecular weight excluding hydrogens is 423 g/mol. The van der Waals surface area contributed by atoms with Crippen molar-refractivity contribution in [3.63, 3.8) is 0 Å². The van der Waals surface area contributed by atoms with E-state index in [1.54, 1.807) is 12.1 Å². The predicted octanol–water partition coefficient (Wildman–Crippen LogP) is 5.32. The van der Waals surface area contributed by atoms with Gasteiger partial charge in [0.15, 0.2) is 0 Å². The third-order valence-corrected chi connectivity index (χ3v) is 5.35. The Labute approximate surface area is 183 Å². The third kappa shape index (κ3) is 5.27. The van der Waals surface area contributed by atoms with Crippen molar-refractivity contribution in [3.05, 3.63) is 64.6 Å². The summed E-state index contributed by atoms with van der Waals surface area (Å²) in [4.78, 5) is 29.6. The van der Waals surface area contributed by atoms with Crippen LogP contribution in [0.25, 0.3) is 6.08 Å². The van der Waals surface area contributed by atoms with Gasteiger partial charge in [-0.3, -0.25) is 4.79 Å². The quantitative estimate of drug-likeness (QED) is 0.667. The van der Waals surface area contributed by atoms with Gasteiger partial charge in [-0.25, -0.2) is 22.9 Å². The van der Waals surface area contributed by atoms with Crippen molar-refractivity contribution >= 4 is 23.9 Å². The van der Waals surface area contributed by atoms with Gasteiger partial charge < -0.3 is 15.3 Å². The highest BCUT2D eigenvalue weighted by Gasteiger charge is 2.36. The molecule has 0 radical (unpaired) electrons. The molecule has 1 atom stereocenters. The van der Waals surface area contributed by atoms with E-state index in [-0.39, 0.29) is 17.3 Å². The zero-order valence-corrected chi connectivity index (χ0v) is 18.0. The average Bonchev–Trinajstić information content (AvgIpc) is 2.66. The monoisotopic (exact) mass is 447 g/mol. The molecule has 0 saturated carbocycles. The van der Waals surface area contributed by atoms with Crippen LogP contribution in [0.4, 0.5) is 23.8 Å². The first-order valence-corrected chi connectivity index (χ1v) is 10.1. The number of hydrogen-bond acceptors (Lipinski definition) is 3. The average molecular weight is 447 g/mol. The minimum Gasteiger partial charge on any atom is -0.465 e. The highest BCUT2D eigenvalue weighted by atomic mass is 19.1. The maximum Gasteiger partial charge on any atom is 0.407 e. The van der Waals surface area contributed by atoms with Crippen LogP contribution in [0, 0.1) is 22.9 Å². The highest BCUT2D eigenvalue weighted by molar-refractivity contribution is 6.04. The number of carbonyl (C=O) groups is 2. The van der Waals surface area contributed by atoms with Crippen molar-refractivity contribution in [2.24, 2.45) is 5.41 Å². The number of carboxylic acid groups (broad SMARTS) is 1. The van der Waals surface area contributed by atoms with E-state index in [2.05, 4.69) is 10.3 Å². The topological polar surface area (TPSA) is 82.5 Å². The molecule has 1 aromatic carbocycles. The fourth-order valence-electron chi connectivity index (χ4n) is 3.76. The van der Waals surface area contributed by atoms with Gasteiger partial charge in [0.1, 0.15) is 28.8 Å². The molecule has 0 aliphatic carbocycles. The van der Waals surface area contributed by atoms with Gasteiger partial charge in [-0.1, -0.05) is 32.4 Å². The molecule has 0 spiro atoms. The molecule has 1 aliphatic rings. The van der Waals surface area contributed by atoms with Crippen LogP contribution in [0.5, 0.6) is 0 Å². The van der Waals surface area contributed by atoms with Gasteiger partial charge in [0.05, 0.1) is 5.69 Å². The lowest BCUT2D eigenvalue weighted by Gasteiger charge is -2.42. The molecule has 1 aromatic heterocycles. The number of rotatable bonds is 3. The van der Waals surface area contributed by atoms with Crippen LogP contribution in [0.15, 0.2) is 35.9 Å². The lowest BCUT2D eigenvalue weighted by Crippen LogP contribution is -2.50. The molecule has 2 N–H and O–H groups in total. The standard InChI is InChI=1S/C23H24F3N3O3/c1-23(2,3)18-10-13(7-8-29(18)22(31)32)9-15-5-4-6-19(27-15)28-21(30)20-16(25)11-14(24)12-17(20)26/h4-6,9,11-12,18H,7-8,10H2,1-3H3,(H,31,32)(H,27,28,30)/b13-9+. The number of pyridine rings is 1. The smallest absolute Gasteiger partial charge is 0.407 e. The first-order chi connectivity index (χ1) is 15.0. The summed E-state index contributed by atoms with van der Waals surface area (Å²) >= 11 is 0. The minimum absolute atomic E-state index is 0.0721. The van der Waals surface area contributed by atoms with Crippen molar-refractivity contribution in [3.8, 4) is 0 Å². The van der Waals surface area contributed by atoms with Gasteiger partial charge >= 0.3 is 6.09 Å². The SMILES string of the molecule is CC(C)(C)C1C/C(=C/c2cccc(NC(=O)c3c(F)cc(F)cc3F)n2)CCN1C(=O)O. The number of aromatic nitrogens is 1. The second-order valence-corrected chi connectivity index (χ2v) is 8.76. The summed E-state index contributed by atoms with van der Waals surface area (Å²) in [6.07, 6.45) is 1.96. The number of piperidine rings is 1. The highest BCUT2D eigenvalue weighted by Crippen LogP contribution is 2.35. The molecule has 2 aromatic rings. The van der Waals surface area contributed by atoms with Gasteiger partial charge in [-0.15, -0.1) is 0 Å². The Hall–Kier alpha value is -3.36. The summed E-state index contributed by atoms with van der Waals surface area (Å²) in [5.41, 5.74) is 0.360. The van der Waals surface area contributed by atoms with Crippen LogP contribution in [0.2, 0.25) is 0 Å². The Morgan fingerprint density at radius 1 is 1.19 bits per heavy atom. The van der Waals surface area contributed by atoms with Crippen molar-refractivity contribution in [1.82, 2.24) is 9.88 Å². The number of hydrogen-bond donors (Lipinski definition) is 2. The number of likely N-dealkylation sites (tertiary alicyclic amines) is 1. The number of nitrogens with one attached hydrogen (secondary N) is 1. The number of anilines is 1. The normalized spacial score (nSPS) is 18.0. The molecule has 1 saturated heterocycles. The molecule has 9 heteroatoms. The van der Waals surface area contributed by atoms with Gasteiger partial charge in [-0.2, -0.15) is 0 Å². The number of benzene rings is 1. The van der Waals surface area contributed by atoms with Gasteiger partial charge in [-0.05, 0) is 36.5 Å². The van der Waals surface area contributed by atoms with E-state index >= 15 is 0 Å². The zero-order chi connectivity index (χ0) is 23.6. The molecular formula is C23H24F3N3O3. The van der Waals surface area contributed by atoms with Crippen molar-refractivity contribution in [2.75, 3.05) is 11.9 Å². The van der Waals surface area contributed by atoms with Crippen molar-refractivity contribution in [1.29, 1.82) is 0 Å². The van der Waals surface area contributed by atoms with Gasteiger partial charge in [0, 0.05) is 24.7 Å². The number of nitrogens with zero attached hydrogens (tertiary/aromatic N) is 2. The van der Waals surface area contributed by atoms with E-state index in [1.807, 2.05) is 26.8 Å². The molecule has 0 bridgehead atoms. The van der Waals surface area contributed by atoms with E-state index in [0.717, 1.165) is 5.57 Å². The Morgan fingerprint density at radius 2 is 1.84 bits per heavy atom. The summed E-state index contributed by atoms with van der Waals surface area (Å²) in [5.74, 6) is -4.75. The second kappa shape index (κ2) is 9.02. The first kappa shape index (κ1) is 23.3. The fourth-order valence-corrected chi connectivity index (χ4v) is 3.76. The Bertz CT molecular complexity index is 1060. The Morgan fingerprint density at radius 3 is 2.44 bits per heavy atom. The first-order valence-electron chi connectivity index (χ1n) is 10.1. The van der Waals surface area contributed by atoms with Crippen molar-refractivity contribution < 1.29 is 27.9 Å². The fraction of sp³-hybridized carbons (Fsp3) is 0.348. The van der Waals surface area contributed by atoms with E-state index in [0.29, 0.717) is 37.2 Å². The lowest BCUT2D eigenvalue weighted by atomic mass is 9.79. The van der Waals surface area contributed by atoms with E-state index in [1.165, 1.54) is 11.0 Å². The van der Waals surface area contributed by atoms with Crippen LogP contribution in [-0.2, 0) is 0 Å². The minimum atomic E-state index is -1.31. The zero-order valence-electron chi connectivity index (χ0n) is 18.0. The van der Waals surface area contributed by atoms with Crippen LogP contribution in [0.3, 0.4) is 0 Å². The Kier molecular flexibility index (Phi) is 6.57. The van der Waals surface area contributed by atoms with E-state index in [4.69, 9.17) is 0 Å². The number of amides is 2. The Balaban J connectivity index is 1.80. The molecule has 3 rings (SSSR count). The molecule has 2 heterocycles. The third-order valence-electron chi connectivity index (χ3n) is 5.35. The summed E-state index contributed by atoms with van der Waals surface area (Å²) in [6.45, 7) is 6.32. The number of halogens is 3. The van der Waals surface area contributed by atoms with Crippen LogP contribution >= 0.6 is 0 Å². The summed E-state index contributed by atoms with van der Waals surface area (Å²) in [5, 5.41) is 11.8. The molecule has 6 nitrogen and oxygen atoms in total. The van der Waals surface area contributed by atoms with E-state index < -0.39 is 35.0 Å². The van der Waals surface area contributed by atoms with Crippen LogP contribution < -0.4 is 5.32 Å². The molecule has 1 aliphatic heterocycles. The summed E-state index contributed by atoms with van der Waals surface area (Å²) in [6, 6.07) is 5.46. The van der Waals surface area contributed by atoms with Gasteiger partial charge in [0.25, 0.3) is 5.91 Å². The molecule has 1 unspecified atom stereocenters.